The van der Waals surface area contributed by atoms with E-state index in [1.54, 1.807) is 0 Å². The van der Waals surface area contributed by atoms with E-state index in [9.17, 15) is 4.79 Å². The summed E-state index contributed by atoms with van der Waals surface area (Å²) >= 11 is 6.08. The average Bonchev–Trinajstić information content (AvgIpc) is 3.09. The maximum Gasteiger partial charge on any atom is 0.223 e. The molecule has 0 radical (unpaired) electrons. The number of carbonyl (C=O) groups is 1. The van der Waals surface area contributed by atoms with Gasteiger partial charge >= 0.3 is 0 Å². The van der Waals surface area contributed by atoms with Crippen LogP contribution in [-0.4, -0.2) is 39.6 Å². The molecule has 1 N–H and O–H groups in total. The lowest BCUT2D eigenvalue weighted by molar-refractivity contribution is -0.126. The van der Waals surface area contributed by atoms with E-state index in [-0.39, 0.29) is 17.9 Å². The van der Waals surface area contributed by atoms with Crippen LogP contribution in [0.3, 0.4) is 0 Å². The van der Waals surface area contributed by atoms with Crippen LogP contribution in [-0.2, 0) is 4.79 Å². The number of fused-ring (bicyclic) bond motifs is 1. The number of aromatic nitrogens is 3. The first-order chi connectivity index (χ1) is 14.9. The van der Waals surface area contributed by atoms with E-state index in [4.69, 9.17) is 21.7 Å². The molecule has 1 saturated heterocycles. The molecule has 4 rings (SSSR count). The first-order valence-electron chi connectivity index (χ1n) is 11.1. The molecule has 1 aromatic carbocycles. The predicted octanol–water partition coefficient (Wildman–Crippen LogP) is 4.80. The van der Waals surface area contributed by atoms with Crippen LogP contribution in [0.1, 0.15) is 44.5 Å². The van der Waals surface area contributed by atoms with E-state index in [2.05, 4.69) is 30.1 Å². The van der Waals surface area contributed by atoms with Crippen molar-refractivity contribution in [3.05, 3.63) is 46.7 Å². The first-order valence-corrected chi connectivity index (χ1v) is 11.4. The molecule has 0 bridgehead atoms. The molecular formula is C24H30ClN5O. The number of halogens is 1. The summed E-state index contributed by atoms with van der Waals surface area (Å²) in [5.41, 5.74) is 4.83. The number of amides is 1. The molecule has 164 valence electrons. The third-order valence-electron chi connectivity index (χ3n) is 6.20. The molecule has 1 amide bonds. The molecule has 1 aliphatic rings. The van der Waals surface area contributed by atoms with Gasteiger partial charge in [0.15, 0.2) is 5.65 Å². The standard InChI is InChI=1S/C24H30ClN5O/c1-5-15(2)27-24(31)19-10-12-29(13-11-19)21-14-16(3)26-23-22(17(4)28-30(21)23)18-6-8-20(25)9-7-18/h6-9,14-15,19H,5,10-13H2,1-4H3,(H,27,31)/t15-/m0/s1. The van der Waals surface area contributed by atoms with Gasteiger partial charge in [-0.2, -0.15) is 9.61 Å². The highest BCUT2D eigenvalue weighted by molar-refractivity contribution is 6.30. The third kappa shape index (κ3) is 4.40. The van der Waals surface area contributed by atoms with Crippen LogP contribution in [0.4, 0.5) is 5.82 Å². The van der Waals surface area contributed by atoms with Crippen molar-refractivity contribution >= 4 is 29.0 Å². The number of anilines is 1. The number of nitrogens with one attached hydrogen (secondary N) is 1. The van der Waals surface area contributed by atoms with E-state index < -0.39 is 0 Å². The van der Waals surface area contributed by atoms with E-state index in [1.165, 1.54) is 0 Å². The van der Waals surface area contributed by atoms with Crippen molar-refractivity contribution in [2.24, 2.45) is 5.92 Å². The van der Waals surface area contributed by atoms with Crippen molar-refractivity contribution in [2.45, 2.75) is 53.0 Å². The number of piperidine rings is 1. The molecule has 7 heteroatoms. The summed E-state index contributed by atoms with van der Waals surface area (Å²) in [5.74, 6) is 1.30. The molecule has 1 atom stereocenters. The number of rotatable bonds is 5. The van der Waals surface area contributed by atoms with E-state index in [0.717, 1.165) is 66.3 Å². The smallest absolute Gasteiger partial charge is 0.223 e. The Morgan fingerprint density at radius 1 is 1.23 bits per heavy atom. The summed E-state index contributed by atoms with van der Waals surface area (Å²) in [4.78, 5) is 19.7. The van der Waals surface area contributed by atoms with Crippen molar-refractivity contribution < 1.29 is 4.79 Å². The van der Waals surface area contributed by atoms with Gasteiger partial charge in [-0.3, -0.25) is 4.79 Å². The zero-order valence-electron chi connectivity index (χ0n) is 18.7. The van der Waals surface area contributed by atoms with Gasteiger partial charge in [0.25, 0.3) is 0 Å². The second-order valence-corrected chi connectivity index (χ2v) is 8.97. The first kappa shape index (κ1) is 21.6. The Kier molecular flexibility index (Phi) is 6.19. The molecule has 1 fully saturated rings. The van der Waals surface area contributed by atoms with Crippen LogP contribution in [0, 0.1) is 19.8 Å². The highest BCUT2D eigenvalue weighted by Gasteiger charge is 2.27. The molecule has 0 saturated carbocycles. The Balaban J connectivity index is 1.62. The van der Waals surface area contributed by atoms with Gasteiger partial charge < -0.3 is 10.2 Å². The van der Waals surface area contributed by atoms with Crippen LogP contribution in [0.25, 0.3) is 16.8 Å². The lowest BCUT2D eigenvalue weighted by Gasteiger charge is -2.33. The SMILES string of the molecule is CC[C@H](C)NC(=O)C1CCN(c2cc(C)nc3c(-c4ccc(Cl)cc4)c(C)nn23)CC1. The van der Waals surface area contributed by atoms with Gasteiger partial charge in [-0.1, -0.05) is 30.7 Å². The molecule has 0 unspecified atom stereocenters. The Morgan fingerprint density at radius 3 is 2.55 bits per heavy atom. The number of hydrogen-bond acceptors (Lipinski definition) is 4. The van der Waals surface area contributed by atoms with Crippen molar-refractivity contribution in [1.82, 2.24) is 19.9 Å². The summed E-state index contributed by atoms with van der Waals surface area (Å²) < 4.78 is 1.95. The maximum absolute atomic E-state index is 12.5. The molecular weight excluding hydrogens is 410 g/mol. The largest absolute Gasteiger partial charge is 0.356 e. The molecule has 1 aliphatic heterocycles. The molecule has 0 spiro atoms. The second-order valence-electron chi connectivity index (χ2n) is 8.54. The Hall–Kier alpha value is -2.60. The second kappa shape index (κ2) is 8.87. The summed E-state index contributed by atoms with van der Waals surface area (Å²) in [5, 5.41) is 8.68. The number of hydrogen-bond donors (Lipinski definition) is 1. The summed E-state index contributed by atoms with van der Waals surface area (Å²) in [6, 6.07) is 10.1. The van der Waals surface area contributed by atoms with E-state index >= 15 is 0 Å². The number of carbonyl (C=O) groups excluding carboxylic acids is 1. The highest BCUT2D eigenvalue weighted by Crippen LogP contribution is 2.32. The zero-order valence-corrected chi connectivity index (χ0v) is 19.4. The Morgan fingerprint density at radius 2 is 1.90 bits per heavy atom. The van der Waals surface area contributed by atoms with Gasteiger partial charge in [0.1, 0.15) is 5.82 Å². The maximum atomic E-state index is 12.5. The van der Waals surface area contributed by atoms with Gasteiger partial charge in [0.2, 0.25) is 5.91 Å². The van der Waals surface area contributed by atoms with E-state index in [0.29, 0.717) is 5.02 Å². The Labute approximate surface area is 188 Å². The topological polar surface area (TPSA) is 62.5 Å². The van der Waals surface area contributed by atoms with Crippen molar-refractivity contribution in [2.75, 3.05) is 18.0 Å². The molecule has 2 aromatic heterocycles. The highest BCUT2D eigenvalue weighted by atomic mass is 35.5. The lowest BCUT2D eigenvalue weighted by atomic mass is 9.95. The fourth-order valence-electron chi connectivity index (χ4n) is 4.24. The van der Waals surface area contributed by atoms with Gasteiger partial charge in [0, 0.05) is 47.4 Å². The third-order valence-corrected chi connectivity index (χ3v) is 6.45. The normalized spacial score (nSPS) is 16.0. The quantitative estimate of drug-likeness (QED) is 0.620. The molecule has 3 heterocycles. The lowest BCUT2D eigenvalue weighted by Crippen LogP contribution is -2.43. The van der Waals surface area contributed by atoms with Crippen LogP contribution in [0.15, 0.2) is 30.3 Å². The van der Waals surface area contributed by atoms with Crippen LogP contribution in [0.5, 0.6) is 0 Å². The molecule has 3 aromatic rings. The monoisotopic (exact) mass is 439 g/mol. The molecule has 6 nitrogen and oxygen atoms in total. The zero-order chi connectivity index (χ0) is 22.1. The van der Waals surface area contributed by atoms with Gasteiger partial charge in [0.05, 0.1) is 5.69 Å². The average molecular weight is 440 g/mol. The minimum Gasteiger partial charge on any atom is -0.356 e. The number of nitrogens with zero attached hydrogens (tertiary/aromatic N) is 4. The van der Waals surface area contributed by atoms with Gasteiger partial charge in [-0.15, -0.1) is 0 Å². The molecule has 0 aliphatic carbocycles. The Bertz CT molecular complexity index is 1080. The van der Waals surface area contributed by atoms with E-state index in [1.807, 2.05) is 42.6 Å². The van der Waals surface area contributed by atoms with Crippen molar-refractivity contribution in [3.63, 3.8) is 0 Å². The van der Waals surface area contributed by atoms with Gasteiger partial charge in [-0.05, 0) is 57.7 Å². The van der Waals surface area contributed by atoms with Gasteiger partial charge in [-0.25, -0.2) is 4.98 Å². The number of benzene rings is 1. The van der Waals surface area contributed by atoms with Crippen LogP contribution < -0.4 is 10.2 Å². The number of aryl methyl sites for hydroxylation is 2. The van der Waals surface area contributed by atoms with Crippen molar-refractivity contribution in [3.8, 4) is 11.1 Å². The predicted molar refractivity (Wildman–Crippen MR) is 126 cm³/mol. The fraction of sp³-hybridized carbons (Fsp3) is 0.458. The summed E-state index contributed by atoms with van der Waals surface area (Å²) in [6.45, 7) is 9.84. The van der Waals surface area contributed by atoms with Crippen LogP contribution >= 0.6 is 11.6 Å². The fourth-order valence-corrected chi connectivity index (χ4v) is 4.36. The minimum atomic E-state index is 0.0765. The molecule has 31 heavy (non-hydrogen) atoms. The summed E-state index contributed by atoms with van der Waals surface area (Å²) in [6.07, 6.45) is 2.64. The minimum absolute atomic E-state index is 0.0765. The van der Waals surface area contributed by atoms with Crippen LogP contribution in [0.2, 0.25) is 5.02 Å². The summed E-state index contributed by atoms with van der Waals surface area (Å²) in [7, 11) is 0. The van der Waals surface area contributed by atoms with Crippen molar-refractivity contribution in [1.29, 1.82) is 0 Å².